The molecule has 8 nitrogen and oxygen atoms in total. The highest BCUT2D eigenvalue weighted by Crippen LogP contribution is 2.54. The first-order chi connectivity index (χ1) is 64.4. The highest BCUT2D eigenvalue weighted by atomic mass is 35.5. The van der Waals surface area contributed by atoms with Gasteiger partial charge >= 0.3 is 0 Å². The fourth-order valence-corrected chi connectivity index (χ4v) is 22.1. The van der Waals surface area contributed by atoms with Crippen molar-refractivity contribution in [2.24, 2.45) is 0 Å². The molecule has 0 amide bonds. The molecule has 0 spiro atoms. The summed E-state index contributed by atoms with van der Waals surface area (Å²) in [6.07, 6.45) is 12.3. The number of fused-ring (bicyclic) bond motifs is 16. The van der Waals surface area contributed by atoms with Crippen molar-refractivity contribution >= 4 is 191 Å². The third-order valence-corrected chi connectivity index (χ3v) is 28.4. The molecule has 2 saturated carbocycles. The quantitative estimate of drug-likeness (QED) is 0.0998. The van der Waals surface area contributed by atoms with E-state index in [0.29, 0.717) is 16.9 Å². The SMILES string of the molecule is Clc1c(N(c2ccccc2)c2ccccc2)cc(C2CCCCC2)cc1N(c1ccc(-c2cccc3c2oc2ccccc23)cc1)c1ccc(-c2cccc3c2oc2ccccc23)cc1.c1ccc(N2c3ccccc3B3c4cc(-c5cccc6c5oc5ccccc56)ccc4N(c4ccc(-c5cccc6c5oc5ccccc56)cc4)c4cc(C5CCCCC5)cc2c43)cc1. The van der Waals surface area contributed by atoms with Crippen LogP contribution in [0.25, 0.3) is 132 Å². The fourth-order valence-electron chi connectivity index (χ4n) is 21.8. The van der Waals surface area contributed by atoms with Gasteiger partial charge in [0.25, 0.3) is 6.71 Å². The maximum atomic E-state index is 7.96. The lowest BCUT2D eigenvalue weighted by Gasteiger charge is -2.45. The normalized spacial score (nSPS) is 13.9. The molecule has 0 bridgehead atoms. The summed E-state index contributed by atoms with van der Waals surface area (Å²) in [7, 11) is 0. The Bertz CT molecular complexity index is 7900. The molecule has 0 saturated heterocycles. The summed E-state index contributed by atoms with van der Waals surface area (Å²) in [5.41, 5.74) is 35.9. The van der Waals surface area contributed by atoms with Crippen molar-refractivity contribution < 1.29 is 17.7 Å². The van der Waals surface area contributed by atoms with Gasteiger partial charge in [-0.3, -0.25) is 0 Å². The number of anilines is 12. The molecule has 130 heavy (non-hydrogen) atoms. The minimum atomic E-state index is 0.00241. The summed E-state index contributed by atoms with van der Waals surface area (Å²) in [4.78, 5) is 9.75. The van der Waals surface area contributed by atoms with E-state index in [0.717, 1.165) is 185 Å². The largest absolute Gasteiger partial charge is 0.455 e. The van der Waals surface area contributed by atoms with Crippen LogP contribution in [0.3, 0.4) is 0 Å². The lowest BCUT2D eigenvalue weighted by Crippen LogP contribution is -2.61. The number of hydrogen-bond donors (Lipinski definition) is 0. The Balaban J connectivity index is 0.000000140. The van der Waals surface area contributed by atoms with Gasteiger partial charge in [0.15, 0.2) is 0 Å². The number of nitrogens with zero attached hydrogens (tertiary/aromatic N) is 4. The van der Waals surface area contributed by atoms with Crippen LogP contribution in [0.2, 0.25) is 5.02 Å². The third kappa shape index (κ3) is 13.2. The number of para-hydroxylation sites is 12. The van der Waals surface area contributed by atoms with Gasteiger partial charge in [-0.05, 0) is 221 Å². The number of rotatable bonds is 14. The van der Waals surface area contributed by atoms with Gasteiger partial charge in [-0.15, -0.1) is 0 Å². The highest BCUT2D eigenvalue weighted by Gasteiger charge is 2.45. The van der Waals surface area contributed by atoms with Crippen molar-refractivity contribution in [2.45, 2.75) is 76.0 Å². The predicted octanol–water partition coefficient (Wildman–Crippen LogP) is 33.4. The highest BCUT2D eigenvalue weighted by molar-refractivity contribution is 7.00. The van der Waals surface area contributed by atoms with Gasteiger partial charge in [-0.2, -0.15) is 0 Å². The van der Waals surface area contributed by atoms with Gasteiger partial charge in [-0.25, -0.2) is 0 Å². The first-order valence-corrected chi connectivity index (χ1v) is 46.3. The Kier molecular flexibility index (Phi) is 19.1. The van der Waals surface area contributed by atoms with Crippen molar-refractivity contribution in [3.8, 4) is 44.5 Å². The molecule has 622 valence electrons. The van der Waals surface area contributed by atoms with E-state index in [1.54, 1.807) is 0 Å². The average Bonchev–Trinajstić information content (AvgIpc) is 0.810. The van der Waals surface area contributed by atoms with Gasteiger partial charge in [0, 0.05) is 122 Å². The van der Waals surface area contributed by atoms with Crippen LogP contribution in [0.15, 0.2) is 418 Å². The molecule has 0 unspecified atom stereocenters. The number of furan rings is 4. The molecular formula is C120H88BClN4O4. The lowest BCUT2D eigenvalue weighted by atomic mass is 9.33. The molecule has 2 fully saturated rings. The molecule has 4 aliphatic rings. The first-order valence-electron chi connectivity index (χ1n) is 45.9. The average molecular weight is 1700 g/mol. The van der Waals surface area contributed by atoms with Gasteiger partial charge < -0.3 is 37.3 Å². The zero-order chi connectivity index (χ0) is 85.9. The number of hydrogen-bond acceptors (Lipinski definition) is 8. The molecule has 0 N–H and O–H groups in total. The van der Waals surface area contributed by atoms with Crippen LogP contribution in [0, 0.1) is 0 Å². The summed E-state index contributed by atoms with van der Waals surface area (Å²) in [5.74, 6) is 0.937. The smallest absolute Gasteiger partial charge is 0.252 e. The monoisotopic (exact) mass is 1690 g/mol. The Hall–Kier alpha value is -15.3. The van der Waals surface area contributed by atoms with Crippen molar-refractivity contribution in [1.82, 2.24) is 0 Å². The van der Waals surface area contributed by atoms with Crippen LogP contribution in [0.4, 0.5) is 68.2 Å². The zero-order valence-corrected chi connectivity index (χ0v) is 72.5. The lowest BCUT2D eigenvalue weighted by molar-refractivity contribution is 0.444. The van der Waals surface area contributed by atoms with Gasteiger partial charge in [-0.1, -0.05) is 317 Å². The topological polar surface area (TPSA) is 65.5 Å². The van der Waals surface area contributed by atoms with Crippen LogP contribution in [0.1, 0.15) is 87.2 Å². The molecule has 2 aliphatic carbocycles. The van der Waals surface area contributed by atoms with Gasteiger partial charge in [0.1, 0.15) is 44.7 Å². The van der Waals surface area contributed by atoms with Gasteiger partial charge in [0.2, 0.25) is 0 Å². The Labute approximate surface area is 759 Å². The molecule has 0 radical (unpaired) electrons. The minimum absolute atomic E-state index is 0.00241. The molecule has 2 aliphatic heterocycles. The van der Waals surface area contributed by atoms with Crippen LogP contribution in [0.5, 0.6) is 0 Å². The second-order valence-electron chi connectivity index (χ2n) is 35.4. The maximum absolute atomic E-state index is 7.96. The van der Waals surface area contributed by atoms with E-state index in [2.05, 4.69) is 390 Å². The summed E-state index contributed by atoms with van der Waals surface area (Å²) >= 11 is 7.96. The molecule has 22 aromatic rings. The molecular weight excluding hydrogens is 1610 g/mol. The standard InChI is InChI=1S/C60H43BN2O2.C60H45ClN2O2/c1-3-15-38(16-4-1)41-36-54-58-55(37-41)63(43-32-29-39(30-33-43)44-21-13-23-48-46-19-7-11-27-56(46)64-59(44)48)53-34-31-40(45-22-14-24-49-47-20-8-12-28-57(47)65-60(45)49)35-51(53)61(58)50-25-9-10-26-52(50)62(54)42-17-5-2-6-18-42;61-58-54(62(44-18-6-2-7-19-44)45-20-8-3-9-21-45)38-43(40-16-4-1-5-17-40)39-55(58)63(46-34-30-41(31-35-46)48-24-14-26-52-50-22-10-12-28-56(50)64-59(48)52)47-36-32-42(33-37-47)49-25-15-27-53-51-23-11-13-29-57(51)65-60(49)53/h2,5-14,17-38H,1,3-4,15-16H2;2-3,6-15,18-40H,1,4-5,16-17H2. The van der Waals surface area contributed by atoms with E-state index < -0.39 is 0 Å². The summed E-state index contributed by atoms with van der Waals surface area (Å²) < 4.78 is 26.2. The Morgan fingerprint density at radius 3 is 1.00 bits per heavy atom. The maximum Gasteiger partial charge on any atom is 0.252 e. The second-order valence-corrected chi connectivity index (χ2v) is 35.8. The van der Waals surface area contributed by atoms with Crippen LogP contribution in [-0.2, 0) is 0 Å². The van der Waals surface area contributed by atoms with Gasteiger partial charge in [0.05, 0.1) is 16.4 Å². The van der Waals surface area contributed by atoms with E-state index in [9.17, 15) is 0 Å². The van der Waals surface area contributed by atoms with Crippen LogP contribution < -0.4 is 36.0 Å². The molecule has 4 aromatic heterocycles. The molecule has 18 aromatic carbocycles. The molecule has 10 heteroatoms. The van der Waals surface area contributed by atoms with Crippen LogP contribution in [-0.4, -0.2) is 6.71 Å². The number of benzene rings is 18. The van der Waals surface area contributed by atoms with Crippen molar-refractivity contribution in [3.63, 3.8) is 0 Å². The summed E-state index contributed by atoms with van der Waals surface area (Å²) in [5, 5.41) is 9.70. The molecule has 0 atom stereocenters. The van der Waals surface area contributed by atoms with E-state index >= 15 is 0 Å². The minimum Gasteiger partial charge on any atom is -0.455 e. The Morgan fingerprint density at radius 1 is 0.254 bits per heavy atom. The fraction of sp³-hybridized carbons (Fsp3) is 0.100. The summed E-state index contributed by atoms with van der Waals surface area (Å²) in [6, 6.07) is 144. The number of halogens is 1. The van der Waals surface area contributed by atoms with Crippen molar-refractivity contribution in [2.75, 3.05) is 19.6 Å². The summed E-state index contributed by atoms with van der Waals surface area (Å²) in [6.45, 7) is 0.00241. The first kappa shape index (κ1) is 77.1. The zero-order valence-electron chi connectivity index (χ0n) is 71.7. The second kappa shape index (κ2) is 32.2. The van der Waals surface area contributed by atoms with E-state index in [-0.39, 0.29) is 6.71 Å². The van der Waals surface area contributed by atoms with E-state index in [1.165, 1.54) is 107 Å². The third-order valence-electron chi connectivity index (χ3n) is 28.0. The van der Waals surface area contributed by atoms with Crippen LogP contribution >= 0.6 is 11.6 Å². The Morgan fingerprint density at radius 2 is 0.577 bits per heavy atom. The molecule has 6 heterocycles. The molecule has 26 rings (SSSR count). The predicted molar refractivity (Wildman–Crippen MR) is 544 cm³/mol. The van der Waals surface area contributed by atoms with Crippen molar-refractivity contribution in [3.05, 3.63) is 417 Å². The van der Waals surface area contributed by atoms with E-state index in [1.807, 2.05) is 30.3 Å². The van der Waals surface area contributed by atoms with E-state index in [4.69, 9.17) is 29.3 Å². The van der Waals surface area contributed by atoms with Crippen molar-refractivity contribution in [1.29, 1.82) is 0 Å².